The Bertz CT molecular complexity index is 780. The summed E-state index contributed by atoms with van der Waals surface area (Å²) >= 11 is 1.32. The summed E-state index contributed by atoms with van der Waals surface area (Å²) < 4.78 is 44.8. The third-order valence-corrected chi connectivity index (χ3v) is 3.99. The van der Waals surface area contributed by atoms with Gasteiger partial charge in [-0.1, -0.05) is 23.5 Å². The van der Waals surface area contributed by atoms with Gasteiger partial charge in [-0.05, 0) is 12.1 Å². The van der Waals surface area contributed by atoms with Crippen LogP contribution in [0, 0.1) is 0 Å². The number of aromatic nitrogens is 3. The molecule has 0 aliphatic rings. The Morgan fingerprint density at radius 3 is 2.87 bits per heavy atom. The number of ether oxygens (including phenoxy) is 1. The van der Waals surface area contributed by atoms with Crippen molar-refractivity contribution in [2.75, 3.05) is 25.6 Å². The van der Waals surface area contributed by atoms with Crippen molar-refractivity contribution in [1.29, 1.82) is 0 Å². The van der Waals surface area contributed by atoms with Gasteiger partial charge in [0.2, 0.25) is 10.1 Å². The minimum atomic E-state index is -4.37. The zero-order valence-corrected chi connectivity index (χ0v) is 12.9. The Morgan fingerprint density at radius 1 is 1.35 bits per heavy atom. The Morgan fingerprint density at radius 2 is 2.17 bits per heavy atom. The molecule has 0 saturated carbocycles. The van der Waals surface area contributed by atoms with Gasteiger partial charge in [-0.3, -0.25) is 0 Å². The molecule has 9 heteroatoms. The van der Waals surface area contributed by atoms with Gasteiger partial charge in [0, 0.05) is 19.2 Å². The van der Waals surface area contributed by atoms with E-state index in [1.165, 1.54) is 17.4 Å². The highest BCUT2D eigenvalue weighted by atomic mass is 32.1. The maximum absolute atomic E-state index is 12.8. The Hall–Kier alpha value is -2.13. The highest BCUT2D eigenvalue weighted by molar-refractivity contribution is 7.20. The lowest BCUT2D eigenvalue weighted by molar-refractivity contribution is -0.137. The van der Waals surface area contributed by atoms with Crippen molar-refractivity contribution in [1.82, 2.24) is 14.6 Å². The average molecular weight is 342 g/mol. The van der Waals surface area contributed by atoms with Crippen LogP contribution in [0.5, 0.6) is 0 Å². The van der Waals surface area contributed by atoms with Crippen LogP contribution in [0.15, 0.2) is 30.5 Å². The Labute approximate surface area is 133 Å². The molecule has 122 valence electrons. The summed E-state index contributed by atoms with van der Waals surface area (Å²) in [5, 5.41) is 8.05. The van der Waals surface area contributed by atoms with Gasteiger partial charge in [0.15, 0.2) is 0 Å². The normalized spacial score (nSPS) is 12.0. The van der Waals surface area contributed by atoms with E-state index in [1.807, 2.05) is 0 Å². The Balaban J connectivity index is 1.85. The molecule has 0 aliphatic carbocycles. The van der Waals surface area contributed by atoms with Crippen LogP contribution in [0.2, 0.25) is 0 Å². The van der Waals surface area contributed by atoms with E-state index in [0.717, 1.165) is 12.1 Å². The summed E-state index contributed by atoms with van der Waals surface area (Å²) in [5.41, 5.74) is 0.172. The van der Waals surface area contributed by atoms with Crippen LogP contribution < -0.4 is 5.32 Å². The topological polar surface area (TPSA) is 51.5 Å². The number of fused-ring (bicyclic) bond motifs is 1. The van der Waals surface area contributed by atoms with E-state index < -0.39 is 11.7 Å². The van der Waals surface area contributed by atoms with Crippen LogP contribution in [0.4, 0.5) is 18.3 Å². The maximum Gasteiger partial charge on any atom is 0.416 e. The van der Waals surface area contributed by atoms with Crippen LogP contribution in [0.3, 0.4) is 0 Å². The van der Waals surface area contributed by atoms with E-state index in [0.29, 0.717) is 34.5 Å². The molecular weight excluding hydrogens is 329 g/mol. The largest absolute Gasteiger partial charge is 0.416 e. The molecule has 0 unspecified atom stereocenters. The number of nitrogens with zero attached hydrogens (tertiary/aromatic N) is 3. The predicted molar refractivity (Wildman–Crippen MR) is 81.7 cm³/mol. The number of benzene rings is 1. The van der Waals surface area contributed by atoms with Gasteiger partial charge in [-0.2, -0.15) is 13.2 Å². The third-order valence-electron chi connectivity index (χ3n) is 3.11. The van der Waals surface area contributed by atoms with E-state index in [4.69, 9.17) is 4.74 Å². The summed E-state index contributed by atoms with van der Waals surface area (Å²) in [7, 11) is 1.61. The first-order valence-electron chi connectivity index (χ1n) is 6.74. The monoisotopic (exact) mass is 342 g/mol. The first kappa shape index (κ1) is 15.8. The molecule has 23 heavy (non-hydrogen) atoms. The number of alkyl halides is 3. The lowest BCUT2D eigenvalue weighted by Crippen LogP contribution is -2.07. The van der Waals surface area contributed by atoms with Crippen LogP contribution in [-0.2, 0) is 10.9 Å². The zero-order chi connectivity index (χ0) is 16.4. The first-order valence-corrected chi connectivity index (χ1v) is 7.55. The highest BCUT2D eigenvalue weighted by Gasteiger charge is 2.30. The van der Waals surface area contributed by atoms with Crippen molar-refractivity contribution >= 4 is 21.4 Å². The van der Waals surface area contributed by atoms with Crippen LogP contribution in [0.25, 0.3) is 16.2 Å². The van der Waals surface area contributed by atoms with Gasteiger partial charge in [0.1, 0.15) is 0 Å². The molecule has 0 bridgehead atoms. The fraction of sp³-hybridized carbons (Fsp3) is 0.286. The molecule has 0 aliphatic heterocycles. The van der Waals surface area contributed by atoms with Crippen molar-refractivity contribution in [2.45, 2.75) is 6.18 Å². The number of imidazole rings is 1. The third kappa shape index (κ3) is 3.45. The molecule has 2 aromatic heterocycles. The molecule has 3 aromatic rings. The lowest BCUT2D eigenvalue weighted by atomic mass is 10.1. The number of rotatable bonds is 5. The molecule has 1 aromatic carbocycles. The van der Waals surface area contributed by atoms with Crippen LogP contribution in [-0.4, -0.2) is 34.9 Å². The SMILES string of the molecule is COCCNc1nn2cc(-c3cccc(C(F)(F)F)c3)nc2s1. The van der Waals surface area contributed by atoms with E-state index in [1.54, 1.807) is 23.9 Å². The maximum atomic E-state index is 12.8. The Kier molecular flexibility index (Phi) is 4.22. The predicted octanol–water partition coefficient (Wildman–Crippen LogP) is 3.53. The molecular formula is C14H13F3N4OS. The van der Waals surface area contributed by atoms with E-state index in [-0.39, 0.29) is 0 Å². The summed E-state index contributed by atoms with van der Waals surface area (Å²) in [6, 6.07) is 5.10. The van der Waals surface area contributed by atoms with E-state index in [2.05, 4.69) is 15.4 Å². The van der Waals surface area contributed by atoms with E-state index in [9.17, 15) is 13.2 Å². The number of halogens is 3. The summed E-state index contributed by atoms with van der Waals surface area (Å²) in [6.07, 6.45) is -2.76. The summed E-state index contributed by atoms with van der Waals surface area (Å²) in [6.45, 7) is 1.17. The van der Waals surface area contributed by atoms with Gasteiger partial charge >= 0.3 is 6.18 Å². The molecule has 0 fully saturated rings. The second-order valence-electron chi connectivity index (χ2n) is 4.76. The van der Waals surface area contributed by atoms with Crippen molar-refractivity contribution in [3.8, 4) is 11.3 Å². The molecule has 2 heterocycles. The molecule has 0 spiro atoms. The first-order chi connectivity index (χ1) is 11.0. The average Bonchev–Trinajstić information content (AvgIpc) is 3.05. The molecule has 1 N–H and O–H groups in total. The molecule has 3 rings (SSSR count). The number of hydrogen-bond acceptors (Lipinski definition) is 5. The van der Waals surface area contributed by atoms with Crippen molar-refractivity contribution < 1.29 is 17.9 Å². The highest BCUT2D eigenvalue weighted by Crippen LogP contribution is 2.32. The van der Waals surface area contributed by atoms with Gasteiger partial charge in [-0.25, -0.2) is 9.50 Å². The minimum Gasteiger partial charge on any atom is -0.383 e. The number of hydrogen-bond donors (Lipinski definition) is 1. The lowest BCUT2D eigenvalue weighted by Gasteiger charge is -2.07. The fourth-order valence-electron chi connectivity index (χ4n) is 2.03. The van der Waals surface area contributed by atoms with Crippen LogP contribution in [0.1, 0.15) is 5.56 Å². The molecule has 0 amide bonds. The van der Waals surface area contributed by atoms with Crippen molar-refractivity contribution in [3.05, 3.63) is 36.0 Å². The van der Waals surface area contributed by atoms with Gasteiger partial charge in [0.25, 0.3) is 0 Å². The van der Waals surface area contributed by atoms with Crippen molar-refractivity contribution in [2.24, 2.45) is 0 Å². The second kappa shape index (κ2) is 6.17. The van der Waals surface area contributed by atoms with Gasteiger partial charge < -0.3 is 10.1 Å². The fourth-order valence-corrected chi connectivity index (χ4v) is 2.83. The van der Waals surface area contributed by atoms with Crippen LogP contribution >= 0.6 is 11.3 Å². The summed E-state index contributed by atoms with van der Waals surface area (Å²) in [5.74, 6) is 0. The minimum absolute atomic E-state index is 0.409. The number of nitrogens with one attached hydrogen (secondary N) is 1. The van der Waals surface area contributed by atoms with Crippen molar-refractivity contribution in [3.63, 3.8) is 0 Å². The molecule has 5 nitrogen and oxygen atoms in total. The molecule has 0 atom stereocenters. The standard InChI is InChI=1S/C14H13F3N4OS/c1-22-6-5-18-12-20-21-8-11(19-13(21)23-12)9-3-2-4-10(7-9)14(15,16)17/h2-4,7-8H,5-6H2,1H3,(H,18,20). The van der Waals surface area contributed by atoms with Gasteiger partial charge in [0.05, 0.1) is 24.1 Å². The second-order valence-corrected chi connectivity index (χ2v) is 5.71. The smallest absolute Gasteiger partial charge is 0.383 e. The summed E-state index contributed by atoms with van der Waals surface area (Å²) in [4.78, 5) is 4.94. The quantitative estimate of drug-likeness (QED) is 0.721. The molecule has 0 radical (unpaired) electrons. The van der Waals surface area contributed by atoms with Gasteiger partial charge in [-0.15, -0.1) is 5.10 Å². The number of anilines is 1. The number of methoxy groups -OCH3 is 1. The zero-order valence-electron chi connectivity index (χ0n) is 12.1. The molecule has 0 saturated heterocycles. The van der Waals surface area contributed by atoms with E-state index >= 15 is 0 Å².